The quantitative estimate of drug-likeness (QED) is 0.354. The number of aromatic amines is 1. The molecule has 46 heavy (non-hydrogen) atoms. The molecule has 8 rings (SSSR count). The molecule has 240 valence electrons. The number of ether oxygens (including phenoxy) is 3. The lowest BCUT2D eigenvalue weighted by molar-refractivity contribution is -0.137. The molecule has 0 unspecified atom stereocenters. The maximum atomic E-state index is 14.0. The van der Waals surface area contributed by atoms with E-state index in [1.807, 2.05) is 49.4 Å². The van der Waals surface area contributed by atoms with Gasteiger partial charge in [-0.05, 0) is 73.1 Å². The van der Waals surface area contributed by atoms with Gasteiger partial charge in [0.1, 0.15) is 0 Å². The van der Waals surface area contributed by atoms with E-state index in [-0.39, 0.29) is 70.0 Å². The van der Waals surface area contributed by atoms with Crippen molar-refractivity contribution in [3.05, 3.63) is 67.0 Å². The molecule has 4 heterocycles. The highest BCUT2D eigenvalue weighted by Gasteiger charge is 2.69. The molecule has 3 aromatic rings. The standard InChI is InChI=1S/C33H32BrN3O7S2/c1-2-43-22-13-16(3-8-21(22)44-15-23(38)36-9-11-42-12-10-36)24-25-19-14-20(28(25)45-30-29(24)46-33(41)35-30)27-26(19)31(39)37(32(27)40)18-6-4-17(34)5-7-18/h3-8,13,19-20,24-28H,2,9-12,14-15H2,1H3,(H,35,41)/t19-,20-,24+,25-,26+,27+,28-/m1/s1. The molecule has 7 atom stereocenters. The van der Waals surface area contributed by atoms with Crippen LogP contribution in [-0.4, -0.2) is 72.4 Å². The van der Waals surface area contributed by atoms with Crippen LogP contribution in [0.4, 0.5) is 5.69 Å². The van der Waals surface area contributed by atoms with Crippen LogP contribution in [0.5, 0.6) is 11.5 Å². The van der Waals surface area contributed by atoms with Crippen molar-refractivity contribution >= 4 is 62.4 Å². The number of nitrogens with one attached hydrogen (secondary N) is 1. The van der Waals surface area contributed by atoms with Crippen LogP contribution in [0.1, 0.15) is 29.7 Å². The van der Waals surface area contributed by atoms with Crippen LogP contribution >= 0.6 is 39.0 Å². The second-order valence-corrected chi connectivity index (χ2v) is 15.5. The number of imide groups is 1. The minimum Gasteiger partial charge on any atom is -0.490 e. The first-order valence-corrected chi connectivity index (χ1v) is 18.1. The molecule has 2 bridgehead atoms. The number of nitrogens with zero attached hydrogens (tertiary/aromatic N) is 2. The number of fused-ring (bicyclic) bond motifs is 9. The maximum Gasteiger partial charge on any atom is 0.305 e. The van der Waals surface area contributed by atoms with Crippen molar-refractivity contribution in [3.63, 3.8) is 0 Å². The van der Waals surface area contributed by atoms with E-state index in [1.165, 1.54) is 16.2 Å². The predicted octanol–water partition coefficient (Wildman–Crippen LogP) is 4.51. The Kier molecular flexibility index (Phi) is 7.78. The van der Waals surface area contributed by atoms with E-state index in [0.717, 1.165) is 26.4 Å². The lowest BCUT2D eigenvalue weighted by Crippen LogP contribution is -2.43. The molecule has 10 nitrogen and oxygen atoms in total. The van der Waals surface area contributed by atoms with Crippen LogP contribution in [0.2, 0.25) is 0 Å². The Morgan fingerprint density at radius 3 is 2.48 bits per heavy atom. The van der Waals surface area contributed by atoms with E-state index in [4.69, 9.17) is 14.2 Å². The number of amides is 3. The Balaban J connectivity index is 1.12. The van der Waals surface area contributed by atoms with Crippen molar-refractivity contribution in [3.8, 4) is 11.5 Å². The first kappa shape index (κ1) is 30.2. The molecule has 3 amide bonds. The Bertz CT molecular complexity index is 1770. The van der Waals surface area contributed by atoms with Crippen molar-refractivity contribution in [2.45, 2.75) is 29.5 Å². The number of carbonyl (C=O) groups is 3. The highest BCUT2D eigenvalue weighted by Crippen LogP contribution is 2.68. The summed E-state index contributed by atoms with van der Waals surface area (Å²) in [5.74, 6) is -0.152. The Hall–Kier alpha value is -3.13. The van der Waals surface area contributed by atoms with Gasteiger partial charge in [0.2, 0.25) is 11.8 Å². The molecule has 3 aliphatic heterocycles. The molecule has 13 heteroatoms. The minimum atomic E-state index is -0.386. The van der Waals surface area contributed by atoms with Gasteiger partial charge in [-0.2, -0.15) is 0 Å². The molecule has 4 fully saturated rings. The van der Waals surface area contributed by atoms with Gasteiger partial charge >= 0.3 is 4.87 Å². The molecule has 2 aromatic carbocycles. The molecule has 5 aliphatic rings. The Morgan fingerprint density at radius 1 is 1.00 bits per heavy atom. The number of morpholine rings is 1. The minimum absolute atomic E-state index is 0.00244. The zero-order chi connectivity index (χ0) is 31.7. The van der Waals surface area contributed by atoms with Crippen LogP contribution < -0.4 is 19.2 Å². The average Bonchev–Trinajstić information content (AvgIpc) is 3.80. The second kappa shape index (κ2) is 11.8. The van der Waals surface area contributed by atoms with Crippen LogP contribution in [-0.2, 0) is 19.1 Å². The number of thioether (sulfide) groups is 1. The van der Waals surface area contributed by atoms with Gasteiger partial charge in [-0.3, -0.25) is 24.1 Å². The highest BCUT2D eigenvalue weighted by molar-refractivity contribution is 9.10. The predicted molar refractivity (Wildman–Crippen MR) is 176 cm³/mol. The first-order valence-electron chi connectivity index (χ1n) is 15.6. The lowest BCUT2D eigenvalue weighted by Gasteiger charge is -2.43. The van der Waals surface area contributed by atoms with Crippen molar-refractivity contribution in [1.29, 1.82) is 0 Å². The maximum absolute atomic E-state index is 14.0. The summed E-state index contributed by atoms with van der Waals surface area (Å²) < 4.78 is 18.3. The summed E-state index contributed by atoms with van der Waals surface area (Å²) in [6, 6.07) is 13.1. The largest absolute Gasteiger partial charge is 0.490 e. The molecule has 2 aliphatic carbocycles. The van der Waals surface area contributed by atoms with Crippen molar-refractivity contribution in [1.82, 2.24) is 9.88 Å². The summed E-state index contributed by atoms with van der Waals surface area (Å²) in [4.78, 5) is 60.4. The summed E-state index contributed by atoms with van der Waals surface area (Å²) in [7, 11) is 0. The zero-order valence-corrected chi connectivity index (χ0v) is 28.2. The SMILES string of the molecule is CCOc1cc([C@@H]2c3sc(=O)[nH]c3S[C@@H]3[C@@H]4C[C@@H]([C@@H]5C(=O)N(c6ccc(Br)cc6)C(=O)[C@@H]45)[C@H]23)ccc1OCC(=O)N1CCOCC1. The van der Waals surface area contributed by atoms with Gasteiger partial charge in [0.05, 0.1) is 42.4 Å². The van der Waals surface area contributed by atoms with Gasteiger partial charge in [0.15, 0.2) is 18.1 Å². The molecule has 2 saturated heterocycles. The highest BCUT2D eigenvalue weighted by atomic mass is 79.9. The second-order valence-electron chi connectivity index (χ2n) is 12.4. The third-order valence-electron chi connectivity index (χ3n) is 10.2. The monoisotopic (exact) mass is 725 g/mol. The van der Waals surface area contributed by atoms with E-state index in [1.54, 1.807) is 16.7 Å². The first-order chi connectivity index (χ1) is 22.3. The molecule has 1 aromatic heterocycles. The summed E-state index contributed by atoms with van der Waals surface area (Å²) in [6.07, 6.45) is 0.808. The molecular weight excluding hydrogens is 694 g/mol. The van der Waals surface area contributed by atoms with Gasteiger partial charge in [-0.1, -0.05) is 33.3 Å². The fraction of sp³-hybridized carbons (Fsp3) is 0.455. The number of H-pyrrole nitrogens is 1. The summed E-state index contributed by atoms with van der Waals surface area (Å²) >= 11 is 6.33. The smallest absolute Gasteiger partial charge is 0.305 e. The van der Waals surface area contributed by atoms with Crippen molar-refractivity contribution < 1.29 is 28.6 Å². The van der Waals surface area contributed by atoms with E-state index in [0.29, 0.717) is 50.1 Å². The zero-order valence-electron chi connectivity index (χ0n) is 25.0. The van der Waals surface area contributed by atoms with Crippen molar-refractivity contribution in [2.75, 3.05) is 44.4 Å². The number of hydrogen-bond donors (Lipinski definition) is 1. The van der Waals surface area contributed by atoms with E-state index < -0.39 is 0 Å². The summed E-state index contributed by atoms with van der Waals surface area (Å²) in [5, 5.41) is 0.925. The van der Waals surface area contributed by atoms with Gasteiger partial charge in [-0.25, -0.2) is 0 Å². The van der Waals surface area contributed by atoms with Crippen LogP contribution in [0.3, 0.4) is 0 Å². The van der Waals surface area contributed by atoms with E-state index in [9.17, 15) is 19.2 Å². The number of anilines is 1. The van der Waals surface area contributed by atoms with Gasteiger partial charge < -0.3 is 24.1 Å². The summed E-state index contributed by atoms with van der Waals surface area (Å²) in [6.45, 7) is 4.32. The number of rotatable bonds is 7. The van der Waals surface area contributed by atoms with Crippen LogP contribution in [0.25, 0.3) is 0 Å². The van der Waals surface area contributed by atoms with Gasteiger partial charge in [-0.15, -0.1) is 11.8 Å². The molecule has 1 N–H and O–H groups in total. The number of halogens is 1. The molecule has 0 spiro atoms. The van der Waals surface area contributed by atoms with Gasteiger partial charge in [0, 0.05) is 33.6 Å². The van der Waals surface area contributed by atoms with Gasteiger partial charge in [0.25, 0.3) is 5.91 Å². The lowest BCUT2D eigenvalue weighted by atomic mass is 9.68. The average molecular weight is 727 g/mol. The number of benzene rings is 2. The summed E-state index contributed by atoms with van der Waals surface area (Å²) in [5.41, 5.74) is 1.57. The number of thiazole rings is 1. The van der Waals surface area contributed by atoms with E-state index >= 15 is 0 Å². The van der Waals surface area contributed by atoms with Crippen LogP contribution in [0.15, 0.2) is 56.8 Å². The topological polar surface area (TPSA) is 118 Å². The third-order valence-corrected chi connectivity index (χ3v) is 13.3. The number of hydrogen-bond acceptors (Lipinski definition) is 9. The number of carbonyl (C=O) groups excluding carboxylic acids is 3. The normalized spacial score (nSPS) is 29.5. The fourth-order valence-electron chi connectivity index (χ4n) is 8.38. The molecule has 0 radical (unpaired) electrons. The fourth-order valence-corrected chi connectivity index (χ4v) is 11.5. The van der Waals surface area contributed by atoms with Crippen LogP contribution in [0, 0.1) is 29.6 Å². The number of aromatic nitrogens is 1. The molecular formula is C33H32BrN3O7S2. The Labute approximate surface area is 281 Å². The third kappa shape index (κ3) is 4.84. The van der Waals surface area contributed by atoms with E-state index in [2.05, 4.69) is 20.9 Å². The van der Waals surface area contributed by atoms with Crippen molar-refractivity contribution in [2.24, 2.45) is 29.6 Å². The molecule has 2 saturated carbocycles. The Morgan fingerprint density at radius 2 is 1.74 bits per heavy atom.